The Kier molecular flexibility index (Phi) is 5.05. The van der Waals surface area contributed by atoms with Crippen LogP contribution < -0.4 is 5.32 Å². The van der Waals surface area contributed by atoms with E-state index in [1.807, 2.05) is 0 Å². The molecule has 3 rings (SSSR count). The van der Waals surface area contributed by atoms with Crippen LogP contribution >= 0.6 is 11.6 Å². The molecule has 0 amide bonds. The molecule has 0 radical (unpaired) electrons. The zero-order chi connectivity index (χ0) is 17.8. The van der Waals surface area contributed by atoms with Crippen LogP contribution in [0.25, 0.3) is 0 Å². The first kappa shape index (κ1) is 17.0. The SMILES string of the molecule is N=C(c1cc(Cl)ccn1)c1ccccc1NCc1c(F)cccc1F. The lowest BCUT2D eigenvalue weighted by atomic mass is 10.0. The van der Waals surface area contributed by atoms with E-state index in [9.17, 15) is 8.78 Å². The zero-order valence-electron chi connectivity index (χ0n) is 13.1. The first-order chi connectivity index (χ1) is 12.1. The standard InChI is InChI=1S/C19H14ClF2N3/c20-12-8-9-24-18(10-12)19(23)13-4-1-2-7-17(13)25-11-14-15(21)5-3-6-16(14)22/h1-10,23,25H,11H2. The monoisotopic (exact) mass is 357 g/mol. The molecule has 0 aliphatic rings. The van der Waals surface area contributed by atoms with Crippen LogP contribution in [-0.2, 0) is 6.54 Å². The predicted molar refractivity (Wildman–Crippen MR) is 95.3 cm³/mol. The fourth-order valence-electron chi connectivity index (χ4n) is 2.42. The van der Waals surface area contributed by atoms with E-state index in [0.29, 0.717) is 22.0 Å². The summed E-state index contributed by atoms with van der Waals surface area (Å²) in [6.07, 6.45) is 1.52. The molecule has 3 nitrogen and oxygen atoms in total. The van der Waals surface area contributed by atoms with Crippen LogP contribution in [-0.4, -0.2) is 10.7 Å². The topological polar surface area (TPSA) is 48.8 Å². The number of halogens is 3. The Labute approximate surface area is 148 Å². The largest absolute Gasteiger partial charge is 0.380 e. The molecule has 1 aromatic heterocycles. The van der Waals surface area contributed by atoms with Crippen LogP contribution in [0.3, 0.4) is 0 Å². The summed E-state index contributed by atoms with van der Waals surface area (Å²) in [5, 5.41) is 11.8. The Balaban J connectivity index is 1.88. The summed E-state index contributed by atoms with van der Waals surface area (Å²) in [5.41, 5.74) is 1.68. The summed E-state index contributed by atoms with van der Waals surface area (Å²) in [4.78, 5) is 4.15. The normalized spacial score (nSPS) is 10.5. The van der Waals surface area contributed by atoms with Gasteiger partial charge in [0.2, 0.25) is 0 Å². The van der Waals surface area contributed by atoms with Gasteiger partial charge in [-0.15, -0.1) is 0 Å². The van der Waals surface area contributed by atoms with Crippen molar-refractivity contribution in [2.24, 2.45) is 0 Å². The highest BCUT2D eigenvalue weighted by atomic mass is 35.5. The lowest BCUT2D eigenvalue weighted by Crippen LogP contribution is -2.10. The van der Waals surface area contributed by atoms with E-state index in [1.54, 1.807) is 36.4 Å². The molecule has 0 atom stereocenters. The van der Waals surface area contributed by atoms with Gasteiger partial charge in [0, 0.05) is 34.6 Å². The first-order valence-corrected chi connectivity index (χ1v) is 7.90. The molecule has 2 aromatic carbocycles. The highest BCUT2D eigenvalue weighted by Crippen LogP contribution is 2.21. The van der Waals surface area contributed by atoms with Gasteiger partial charge in [-0.05, 0) is 30.3 Å². The van der Waals surface area contributed by atoms with Gasteiger partial charge in [-0.25, -0.2) is 8.78 Å². The van der Waals surface area contributed by atoms with E-state index in [-0.39, 0.29) is 17.8 Å². The number of anilines is 1. The molecule has 126 valence electrons. The second-order valence-electron chi connectivity index (χ2n) is 5.33. The maximum absolute atomic E-state index is 13.8. The quantitative estimate of drug-likeness (QED) is 0.628. The number of benzene rings is 2. The fraction of sp³-hybridized carbons (Fsp3) is 0.0526. The van der Waals surface area contributed by atoms with Gasteiger partial charge < -0.3 is 5.32 Å². The minimum absolute atomic E-state index is 0.0359. The highest BCUT2D eigenvalue weighted by molar-refractivity contribution is 6.31. The summed E-state index contributed by atoms with van der Waals surface area (Å²) in [6.45, 7) is -0.0359. The maximum atomic E-state index is 13.8. The number of hydrogen-bond donors (Lipinski definition) is 2. The van der Waals surface area contributed by atoms with Crippen molar-refractivity contribution in [3.63, 3.8) is 0 Å². The Morgan fingerprint density at radius 2 is 1.76 bits per heavy atom. The van der Waals surface area contributed by atoms with Crippen molar-refractivity contribution in [1.82, 2.24) is 4.98 Å². The fourth-order valence-corrected chi connectivity index (χ4v) is 2.58. The zero-order valence-corrected chi connectivity index (χ0v) is 13.8. The summed E-state index contributed by atoms with van der Waals surface area (Å²) in [5.74, 6) is -1.23. The van der Waals surface area contributed by atoms with Crippen LogP contribution in [0.2, 0.25) is 5.02 Å². The molecule has 0 aliphatic carbocycles. The maximum Gasteiger partial charge on any atom is 0.131 e. The summed E-state index contributed by atoms with van der Waals surface area (Å²) >= 11 is 5.96. The van der Waals surface area contributed by atoms with Crippen molar-refractivity contribution in [2.75, 3.05) is 5.32 Å². The number of nitrogens with zero attached hydrogens (tertiary/aromatic N) is 1. The average molecular weight is 358 g/mol. The van der Waals surface area contributed by atoms with Crippen LogP contribution in [0, 0.1) is 17.0 Å². The first-order valence-electron chi connectivity index (χ1n) is 7.53. The lowest BCUT2D eigenvalue weighted by molar-refractivity contribution is 0.560. The van der Waals surface area contributed by atoms with Crippen molar-refractivity contribution >= 4 is 23.0 Å². The molecule has 0 fully saturated rings. The van der Waals surface area contributed by atoms with Crippen LogP contribution in [0.1, 0.15) is 16.8 Å². The molecular weight excluding hydrogens is 344 g/mol. The molecule has 0 bridgehead atoms. The van der Waals surface area contributed by atoms with Crippen LogP contribution in [0.15, 0.2) is 60.8 Å². The number of aromatic nitrogens is 1. The summed E-state index contributed by atoms with van der Waals surface area (Å²) in [6, 6.07) is 14.0. The summed E-state index contributed by atoms with van der Waals surface area (Å²) in [7, 11) is 0. The molecular formula is C19H14ClF2N3. The number of hydrogen-bond acceptors (Lipinski definition) is 3. The van der Waals surface area contributed by atoms with Crippen molar-refractivity contribution in [1.29, 1.82) is 5.41 Å². The summed E-state index contributed by atoms with van der Waals surface area (Å²) < 4.78 is 27.5. The van der Waals surface area contributed by atoms with Gasteiger partial charge in [-0.2, -0.15) is 0 Å². The molecule has 3 aromatic rings. The van der Waals surface area contributed by atoms with E-state index in [4.69, 9.17) is 17.0 Å². The van der Waals surface area contributed by atoms with Gasteiger partial charge in [0.1, 0.15) is 11.6 Å². The van der Waals surface area contributed by atoms with E-state index in [2.05, 4.69) is 10.3 Å². The third kappa shape index (κ3) is 3.83. The second-order valence-corrected chi connectivity index (χ2v) is 5.77. The third-order valence-corrected chi connectivity index (χ3v) is 3.93. The van der Waals surface area contributed by atoms with E-state index in [0.717, 1.165) is 0 Å². The van der Waals surface area contributed by atoms with Crippen molar-refractivity contribution < 1.29 is 8.78 Å². The average Bonchev–Trinajstić information content (AvgIpc) is 2.61. The Morgan fingerprint density at radius 3 is 2.48 bits per heavy atom. The van der Waals surface area contributed by atoms with E-state index in [1.165, 1.54) is 24.4 Å². The second kappa shape index (κ2) is 7.40. The molecule has 0 aliphatic heterocycles. The Hall–Kier alpha value is -2.79. The third-order valence-electron chi connectivity index (χ3n) is 3.69. The highest BCUT2D eigenvalue weighted by Gasteiger charge is 2.13. The predicted octanol–water partition coefficient (Wildman–Crippen LogP) is 5.04. The molecule has 0 spiro atoms. The van der Waals surface area contributed by atoms with Crippen molar-refractivity contribution in [3.8, 4) is 0 Å². The molecule has 0 saturated heterocycles. The van der Waals surface area contributed by atoms with Gasteiger partial charge in [-0.3, -0.25) is 10.4 Å². The molecule has 25 heavy (non-hydrogen) atoms. The van der Waals surface area contributed by atoms with Crippen molar-refractivity contribution in [3.05, 3.63) is 94.3 Å². The lowest BCUT2D eigenvalue weighted by Gasteiger charge is -2.13. The van der Waals surface area contributed by atoms with Crippen LogP contribution in [0.4, 0.5) is 14.5 Å². The molecule has 0 saturated carbocycles. The van der Waals surface area contributed by atoms with E-state index < -0.39 is 11.6 Å². The van der Waals surface area contributed by atoms with Gasteiger partial charge in [0.25, 0.3) is 0 Å². The van der Waals surface area contributed by atoms with Gasteiger partial charge in [0.15, 0.2) is 0 Å². The Bertz CT molecular complexity index is 908. The van der Waals surface area contributed by atoms with Crippen LogP contribution in [0.5, 0.6) is 0 Å². The number of nitrogens with one attached hydrogen (secondary N) is 2. The molecule has 1 heterocycles. The molecule has 6 heteroatoms. The number of pyridine rings is 1. The van der Waals surface area contributed by atoms with Gasteiger partial charge >= 0.3 is 0 Å². The van der Waals surface area contributed by atoms with E-state index >= 15 is 0 Å². The Morgan fingerprint density at radius 1 is 1.04 bits per heavy atom. The minimum Gasteiger partial charge on any atom is -0.380 e. The smallest absolute Gasteiger partial charge is 0.131 e. The number of rotatable bonds is 5. The minimum atomic E-state index is -0.614. The number of para-hydroxylation sites is 1. The molecule has 0 unspecified atom stereocenters. The van der Waals surface area contributed by atoms with Crippen molar-refractivity contribution in [2.45, 2.75) is 6.54 Å². The molecule has 2 N–H and O–H groups in total. The van der Waals surface area contributed by atoms with Gasteiger partial charge in [-0.1, -0.05) is 35.9 Å². The van der Waals surface area contributed by atoms with Gasteiger partial charge in [0.05, 0.1) is 11.4 Å².